The average Bonchev–Trinajstić information content (AvgIpc) is 2.93. The van der Waals surface area contributed by atoms with Crippen molar-refractivity contribution in [1.82, 2.24) is 10.1 Å². The standard InChI is InChI=1S/C15H10BrClN2O2/c16-11-6-5-10(7-13(11)20)15-18-14(19-21-15)8-9-3-1-2-4-12(9)17/h1-7,20H,8H2. The highest BCUT2D eigenvalue weighted by Crippen LogP contribution is 2.29. The lowest BCUT2D eigenvalue weighted by atomic mass is 10.1. The zero-order chi connectivity index (χ0) is 14.8. The molecule has 2 aromatic carbocycles. The smallest absolute Gasteiger partial charge is 0.258 e. The third-order valence-corrected chi connectivity index (χ3v) is 4.01. The third kappa shape index (κ3) is 3.09. The van der Waals surface area contributed by atoms with E-state index in [1.165, 1.54) is 0 Å². The van der Waals surface area contributed by atoms with Gasteiger partial charge >= 0.3 is 0 Å². The molecule has 21 heavy (non-hydrogen) atoms. The van der Waals surface area contributed by atoms with Gasteiger partial charge in [-0.1, -0.05) is 35.0 Å². The molecule has 1 N–H and O–H groups in total. The second-order valence-corrected chi connectivity index (χ2v) is 5.71. The minimum Gasteiger partial charge on any atom is -0.507 e. The summed E-state index contributed by atoms with van der Waals surface area (Å²) in [5.41, 5.74) is 1.60. The van der Waals surface area contributed by atoms with Crippen molar-refractivity contribution < 1.29 is 9.63 Å². The Labute approximate surface area is 134 Å². The molecule has 0 fully saturated rings. The van der Waals surface area contributed by atoms with Gasteiger partial charge in [0.15, 0.2) is 5.82 Å². The highest BCUT2D eigenvalue weighted by atomic mass is 79.9. The maximum absolute atomic E-state index is 9.69. The molecule has 0 amide bonds. The molecule has 6 heteroatoms. The SMILES string of the molecule is Oc1cc(-c2nc(Cc3ccccc3Cl)no2)ccc1Br. The molecule has 3 rings (SSSR count). The Kier molecular flexibility index (Phi) is 3.94. The van der Waals surface area contributed by atoms with E-state index in [1.54, 1.807) is 18.2 Å². The van der Waals surface area contributed by atoms with Crippen LogP contribution in [0.4, 0.5) is 0 Å². The van der Waals surface area contributed by atoms with Crippen LogP contribution in [0.25, 0.3) is 11.5 Å². The lowest BCUT2D eigenvalue weighted by Gasteiger charge is -1.99. The van der Waals surface area contributed by atoms with Crippen molar-refractivity contribution in [2.45, 2.75) is 6.42 Å². The van der Waals surface area contributed by atoms with Crippen molar-refractivity contribution in [3.63, 3.8) is 0 Å². The molecule has 0 bridgehead atoms. The molecule has 106 valence electrons. The van der Waals surface area contributed by atoms with Crippen molar-refractivity contribution in [3.8, 4) is 17.2 Å². The van der Waals surface area contributed by atoms with Crippen molar-refractivity contribution >= 4 is 27.5 Å². The Bertz CT molecular complexity index is 789. The van der Waals surface area contributed by atoms with Gasteiger partial charge in [0, 0.05) is 17.0 Å². The summed E-state index contributed by atoms with van der Waals surface area (Å²) in [6.07, 6.45) is 0.492. The van der Waals surface area contributed by atoms with Gasteiger partial charge in [-0.2, -0.15) is 4.98 Å². The Hall–Kier alpha value is -1.85. The molecule has 0 unspecified atom stereocenters. The van der Waals surface area contributed by atoms with Gasteiger partial charge in [-0.05, 0) is 45.8 Å². The highest BCUT2D eigenvalue weighted by Gasteiger charge is 2.12. The minimum absolute atomic E-state index is 0.123. The topological polar surface area (TPSA) is 59.2 Å². The first-order valence-electron chi connectivity index (χ1n) is 6.18. The van der Waals surface area contributed by atoms with Crippen LogP contribution in [-0.4, -0.2) is 15.2 Å². The maximum atomic E-state index is 9.69. The molecule has 0 saturated carbocycles. The van der Waals surface area contributed by atoms with E-state index in [0.717, 1.165) is 5.56 Å². The molecule has 0 aliphatic carbocycles. The minimum atomic E-state index is 0.123. The van der Waals surface area contributed by atoms with Crippen molar-refractivity contribution in [1.29, 1.82) is 0 Å². The van der Waals surface area contributed by atoms with Crippen molar-refractivity contribution in [3.05, 3.63) is 63.3 Å². The Morgan fingerprint density at radius 3 is 2.76 bits per heavy atom. The zero-order valence-electron chi connectivity index (χ0n) is 10.8. The first-order valence-corrected chi connectivity index (χ1v) is 7.35. The molecule has 4 nitrogen and oxygen atoms in total. The molecular weight excluding hydrogens is 356 g/mol. The molecule has 0 spiro atoms. The number of aromatic hydroxyl groups is 1. The molecule has 0 saturated heterocycles. The van der Waals surface area contributed by atoms with Crippen LogP contribution in [0, 0.1) is 0 Å². The summed E-state index contributed by atoms with van der Waals surface area (Å²) in [4.78, 5) is 4.32. The van der Waals surface area contributed by atoms with E-state index >= 15 is 0 Å². The zero-order valence-corrected chi connectivity index (χ0v) is 13.1. The Balaban J connectivity index is 1.86. The number of rotatable bonds is 3. The molecule has 3 aromatic rings. The molecule has 1 aromatic heterocycles. The summed E-state index contributed by atoms with van der Waals surface area (Å²) >= 11 is 9.34. The normalized spacial score (nSPS) is 10.8. The third-order valence-electron chi connectivity index (χ3n) is 2.97. The second-order valence-electron chi connectivity index (χ2n) is 4.45. The fraction of sp³-hybridized carbons (Fsp3) is 0.0667. The summed E-state index contributed by atoms with van der Waals surface area (Å²) in [6.45, 7) is 0. The maximum Gasteiger partial charge on any atom is 0.258 e. The van der Waals surface area contributed by atoms with Crippen LogP contribution < -0.4 is 0 Å². The van der Waals surface area contributed by atoms with E-state index in [9.17, 15) is 5.11 Å². The summed E-state index contributed by atoms with van der Waals surface area (Å²) in [5, 5.41) is 14.3. The van der Waals surface area contributed by atoms with E-state index in [4.69, 9.17) is 16.1 Å². The van der Waals surface area contributed by atoms with Gasteiger partial charge in [-0.15, -0.1) is 0 Å². The molecule has 0 atom stereocenters. The average molecular weight is 366 g/mol. The van der Waals surface area contributed by atoms with Gasteiger partial charge in [0.2, 0.25) is 0 Å². The Morgan fingerprint density at radius 2 is 2.00 bits per heavy atom. The van der Waals surface area contributed by atoms with E-state index in [1.807, 2.05) is 24.3 Å². The quantitative estimate of drug-likeness (QED) is 0.745. The van der Waals surface area contributed by atoms with Gasteiger partial charge in [0.1, 0.15) is 5.75 Å². The summed E-state index contributed by atoms with van der Waals surface area (Å²) in [7, 11) is 0. The highest BCUT2D eigenvalue weighted by molar-refractivity contribution is 9.10. The van der Waals surface area contributed by atoms with E-state index < -0.39 is 0 Å². The van der Waals surface area contributed by atoms with E-state index in [-0.39, 0.29) is 5.75 Å². The predicted octanol–water partition coefficient (Wildman–Crippen LogP) is 4.45. The van der Waals surface area contributed by atoms with Gasteiger partial charge in [-0.25, -0.2) is 0 Å². The summed E-state index contributed by atoms with van der Waals surface area (Å²) < 4.78 is 5.84. The number of hydrogen-bond acceptors (Lipinski definition) is 4. The largest absolute Gasteiger partial charge is 0.507 e. The van der Waals surface area contributed by atoms with Crippen LogP contribution in [0.15, 0.2) is 51.5 Å². The van der Waals surface area contributed by atoms with Crippen molar-refractivity contribution in [2.75, 3.05) is 0 Å². The monoisotopic (exact) mass is 364 g/mol. The first-order chi connectivity index (χ1) is 10.1. The second kappa shape index (κ2) is 5.87. The van der Waals surface area contributed by atoms with E-state index in [2.05, 4.69) is 26.1 Å². The predicted molar refractivity (Wildman–Crippen MR) is 83.4 cm³/mol. The fourth-order valence-corrected chi connectivity index (χ4v) is 2.35. The number of benzene rings is 2. The van der Waals surface area contributed by atoms with Gasteiger partial charge in [-0.3, -0.25) is 0 Å². The number of halogens is 2. The summed E-state index contributed by atoms with van der Waals surface area (Å²) in [5.74, 6) is 1.03. The van der Waals surface area contributed by atoms with Crippen LogP contribution in [0.5, 0.6) is 5.75 Å². The number of phenolic OH excluding ortho intramolecular Hbond substituents is 1. The molecule has 0 aliphatic heterocycles. The van der Waals surface area contributed by atoms with Crippen molar-refractivity contribution in [2.24, 2.45) is 0 Å². The number of hydrogen-bond donors (Lipinski definition) is 1. The molecular formula is C15H10BrClN2O2. The van der Waals surface area contributed by atoms with Crippen LogP contribution in [0.3, 0.4) is 0 Å². The number of phenols is 1. The summed E-state index contributed by atoms with van der Waals surface area (Å²) in [6, 6.07) is 12.6. The van der Waals surface area contributed by atoms with Crippen LogP contribution in [-0.2, 0) is 6.42 Å². The lowest BCUT2D eigenvalue weighted by Crippen LogP contribution is -1.91. The van der Waals surface area contributed by atoms with Gasteiger partial charge < -0.3 is 9.63 Å². The van der Waals surface area contributed by atoms with Crippen LogP contribution >= 0.6 is 27.5 Å². The number of nitrogens with zero attached hydrogens (tertiary/aromatic N) is 2. The number of aromatic nitrogens is 2. The lowest BCUT2D eigenvalue weighted by molar-refractivity contribution is 0.423. The molecule has 0 aliphatic rings. The van der Waals surface area contributed by atoms with Gasteiger partial charge in [0.25, 0.3) is 5.89 Å². The molecule has 1 heterocycles. The Morgan fingerprint density at radius 1 is 1.19 bits per heavy atom. The van der Waals surface area contributed by atoms with Gasteiger partial charge in [0.05, 0.1) is 4.47 Å². The first kappa shape index (κ1) is 14.1. The fourth-order valence-electron chi connectivity index (χ4n) is 1.90. The van der Waals surface area contributed by atoms with Crippen LogP contribution in [0.1, 0.15) is 11.4 Å². The van der Waals surface area contributed by atoms with Crippen LogP contribution in [0.2, 0.25) is 5.02 Å². The van der Waals surface area contributed by atoms with E-state index in [0.29, 0.717) is 33.2 Å². The molecule has 0 radical (unpaired) electrons.